The van der Waals surface area contributed by atoms with Crippen molar-refractivity contribution < 1.29 is 4.79 Å². The molecule has 2 aromatic rings. The summed E-state index contributed by atoms with van der Waals surface area (Å²) >= 11 is 1.57. The second-order valence-electron chi connectivity index (χ2n) is 8.82. The lowest BCUT2D eigenvalue weighted by Gasteiger charge is -2.44. The van der Waals surface area contributed by atoms with Crippen LogP contribution in [0.25, 0.3) is 0 Å². The molecule has 0 radical (unpaired) electrons. The van der Waals surface area contributed by atoms with Gasteiger partial charge in [-0.2, -0.15) is 0 Å². The summed E-state index contributed by atoms with van der Waals surface area (Å²) in [6.45, 7) is 1.72. The van der Waals surface area contributed by atoms with Gasteiger partial charge in [0.15, 0.2) is 5.16 Å². The summed E-state index contributed by atoms with van der Waals surface area (Å²) in [6.07, 6.45) is 9.97. The molecule has 2 saturated carbocycles. The number of hydrogen-bond acceptors (Lipinski definition) is 4. The molecule has 1 aliphatic heterocycles. The van der Waals surface area contributed by atoms with Crippen LogP contribution in [0.4, 0.5) is 0 Å². The fraction of sp³-hybridized carbons (Fsp3) is 0.609. The summed E-state index contributed by atoms with van der Waals surface area (Å²) in [5.41, 5.74) is 1.25. The van der Waals surface area contributed by atoms with E-state index in [2.05, 4.69) is 43.9 Å². The number of nitrogens with zero attached hydrogens (tertiary/aromatic N) is 4. The average molecular weight is 411 g/mol. The Morgan fingerprint density at radius 3 is 2.62 bits per heavy atom. The quantitative estimate of drug-likeness (QED) is 0.659. The number of hydrogen-bond donors (Lipinski definition) is 0. The van der Waals surface area contributed by atoms with Crippen LogP contribution in [0.2, 0.25) is 0 Å². The zero-order chi connectivity index (χ0) is 19.6. The van der Waals surface area contributed by atoms with Gasteiger partial charge in [-0.05, 0) is 50.0 Å². The Labute approximate surface area is 177 Å². The van der Waals surface area contributed by atoms with Gasteiger partial charge in [0.2, 0.25) is 5.91 Å². The lowest BCUT2D eigenvalue weighted by atomic mass is 9.78. The van der Waals surface area contributed by atoms with Crippen LogP contribution < -0.4 is 0 Å². The van der Waals surface area contributed by atoms with Gasteiger partial charge in [-0.15, -0.1) is 10.2 Å². The molecule has 154 valence electrons. The summed E-state index contributed by atoms with van der Waals surface area (Å²) in [7, 11) is 0. The minimum atomic E-state index is 0.286. The number of benzene rings is 1. The van der Waals surface area contributed by atoms with Gasteiger partial charge >= 0.3 is 0 Å². The smallest absolute Gasteiger partial charge is 0.233 e. The average Bonchev–Trinajstić information content (AvgIpc) is 3.54. The fourth-order valence-corrected chi connectivity index (χ4v) is 5.94. The number of carbonyl (C=O) groups is 1. The van der Waals surface area contributed by atoms with Crippen LogP contribution in [0.3, 0.4) is 0 Å². The van der Waals surface area contributed by atoms with Crippen molar-refractivity contribution in [2.24, 2.45) is 5.92 Å². The molecule has 1 aromatic heterocycles. The molecule has 29 heavy (non-hydrogen) atoms. The lowest BCUT2D eigenvalue weighted by Crippen LogP contribution is -2.50. The van der Waals surface area contributed by atoms with Crippen LogP contribution in [-0.2, 0) is 11.3 Å². The number of rotatable bonds is 6. The molecule has 0 N–H and O–H groups in total. The monoisotopic (exact) mass is 410 g/mol. The summed E-state index contributed by atoms with van der Waals surface area (Å²) in [5, 5.41) is 9.86. The first-order chi connectivity index (χ1) is 14.3. The van der Waals surface area contributed by atoms with Gasteiger partial charge in [0, 0.05) is 18.5 Å². The number of fused-ring (bicyclic) bond motifs is 1. The highest BCUT2D eigenvalue weighted by Gasteiger charge is 2.36. The van der Waals surface area contributed by atoms with E-state index in [9.17, 15) is 4.79 Å². The van der Waals surface area contributed by atoms with E-state index in [0.29, 0.717) is 17.7 Å². The zero-order valence-electron chi connectivity index (χ0n) is 17.0. The molecule has 0 unspecified atom stereocenters. The number of carbonyl (C=O) groups excluding carboxylic acids is 1. The molecule has 1 saturated heterocycles. The number of thioether (sulfide) groups is 1. The molecule has 2 atom stereocenters. The Kier molecular flexibility index (Phi) is 5.62. The molecule has 2 heterocycles. The predicted octanol–water partition coefficient (Wildman–Crippen LogP) is 4.48. The minimum Gasteiger partial charge on any atom is -0.339 e. The van der Waals surface area contributed by atoms with E-state index in [1.54, 1.807) is 11.8 Å². The van der Waals surface area contributed by atoms with Crippen molar-refractivity contribution in [2.45, 2.75) is 75.0 Å². The lowest BCUT2D eigenvalue weighted by molar-refractivity contribution is -0.134. The van der Waals surface area contributed by atoms with E-state index in [1.165, 1.54) is 50.5 Å². The first-order valence-electron chi connectivity index (χ1n) is 11.2. The maximum absolute atomic E-state index is 13.1. The summed E-state index contributed by atoms with van der Waals surface area (Å²) in [6, 6.07) is 11.0. The largest absolute Gasteiger partial charge is 0.339 e. The molecule has 6 heteroatoms. The molecule has 1 aromatic carbocycles. The number of amides is 1. The minimum absolute atomic E-state index is 0.286. The Morgan fingerprint density at radius 2 is 1.79 bits per heavy atom. The second-order valence-corrected chi connectivity index (χ2v) is 9.76. The summed E-state index contributed by atoms with van der Waals surface area (Å²) in [4.78, 5) is 15.3. The number of piperidine rings is 1. The Balaban J connectivity index is 1.28. The third-order valence-electron chi connectivity index (χ3n) is 6.76. The highest BCUT2D eigenvalue weighted by molar-refractivity contribution is 7.99. The van der Waals surface area contributed by atoms with Gasteiger partial charge in [0.25, 0.3) is 0 Å². The van der Waals surface area contributed by atoms with E-state index in [0.717, 1.165) is 36.4 Å². The molecular weight excluding hydrogens is 380 g/mol. The fourth-order valence-electron chi connectivity index (χ4n) is 5.11. The van der Waals surface area contributed by atoms with Gasteiger partial charge in [0.05, 0.1) is 12.3 Å². The zero-order valence-corrected chi connectivity index (χ0v) is 17.8. The third kappa shape index (κ3) is 4.23. The normalized spacial score (nSPS) is 24.3. The van der Waals surface area contributed by atoms with Crippen LogP contribution in [0, 0.1) is 5.92 Å². The van der Waals surface area contributed by atoms with Crippen molar-refractivity contribution in [1.82, 2.24) is 19.7 Å². The van der Waals surface area contributed by atoms with Crippen LogP contribution >= 0.6 is 11.8 Å². The standard InChI is InChI=1S/C23H30N4OS/c28-21(26-14-6-10-18-9-4-5-11-20(18)26)16-29-23-25-24-22(19-12-13-19)27(23)15-17-7-2-1-3-8-17/h1-3,7-8,18-20H,4-6,9-16H2/t18-,20+/m0/s1. The van der Waals surface area contributed by atoms with Gasteiger partial charge in [0.1, 0.15) is 5.82 Å². The highest BCUT2D eigenvalue weighted by atomic mass is 32.2. The Hall–Kier alpha value is -1.82. The van der Waals surface area contributed by atoms with Crippen molar-refractivity contribution >= 4 is 17.7 Å². The molecule has 3 aliphatic rings. The summed E-state index contributed by atoms with van der Waals surface area (Å²) < 4.78 is 2.24. The number of aromatic nitrogens is 3. The molecule has 0 bridgehead atoms. The summed E-state index contributed by atoms with van der Waals surface area (Å²) in [5.74, 6) is 3.12. The van der Waals surface area contributed by atoms with Crippen LogP contribution in [0.5, 0.6) is 0 Å². The van der Waals surface area contributed by atoms with E-state index in [1.807, 2.05) is 6.07 Å². The van der Waals surface area contributed by atoms with E-state index in [4.69, 9.17) is 0 Å². The molecule has 5 nitrogen and oxygen atoms in total. The van der Waals surface area contributed by atoms with Crippen molar-refractivity contribution in [3.8, 4) is 0 Å². The predicted molar refractivity (Wildman–Crippen MR) is 115 cm³/mol. The van der Waals surface area contributed by atoms with E-state index in [-0.39, 0.29) is 5.91 Å². The molecule has 5 rings (SSSR count). The van der Waals surface area contributed by atoms with Gasteiger partial charge in [-0.3, -0.25) is 4.79 Å². The van der Waals surface area contributed by atoms with Crippen LogP contribution in [0.15, 0.2) is 35.5 Å². The second kappa shape index (κ2) is 8.50. The topological polar surface area (TPSA) is 51.0 Å². The van der Waals surface area contributed by atoms with E-state index >= 15 is 0 Å². The highest BCUT2D eigenvalue weighted by Crippen LogP contribution is 2.40. The molecule has 2 aliphatic carbocycles. The first kappa shape index (κ1) is 19.2. The van der Waals surface area contributed by atoms with Gasteiger partial charge < -0.3 is 9.47 Å². The van der Waals surface area contributed by atoms with Crippen molar-refractivity contribution in [1.29, 1.82) is 0 Å². The number of likely N-dealkylation sites (tertiary alicyclic amines) is 1. The molecule has 0 spiro atoms. The first-order valence-corrected chi connectivity index (χ1v) is 12.2. The van der Waals surface area contributed by atoms with Crippen molar-refractivity contribution in [3.63, 3.8) is 0 Å². The van der Waals surface area contributed by atoms with E-state index < -0.39 is 0 Å². The Morgan fingerprint density at radius 1 is 1.00 bits per heavy atom. The van der Waals surface area contributed by atoms with Gasteiger partial charge in [-0.1, -0.05) is 54.9 Å². The van der Waals surface area contributed by atoms with Crippen LogP contribution in [-0.4, -0.2) is 43.9 Å². The maximum Gasteiger partial charge on any atom is 0.233 e. The SMILES string of the molecule is O=C(CSc1nnc(C2CC2)n1Cc1ccccc1)N1CCC[C@@H]2CCCC[C@H]21. The maximum atomic E-state index is 13.1. The third-order valence-corrected chi connectivity index (χ3v) is 7.71. The molecule has 3 fully saturated rings. The van der Waals surface area contributed by atoms with Crippen LogP contribution in [0.1, 0.15) is 68.7 Å². The molecule has 1 amide bonds. The van der Waals surface area contributed by atoms with Crippen molar-refractivity contribution in [2.75, 3.05) is 12.3 Å². The molecular formula is C23H30N4OS. The Bertz CT molecular complexity index is 846. The van der Waals surface area contributed by atoms with Crippen molar-refractivity contribution in [3.05, 3.63) is 41.7 Å². The van der Waals surface area contributed by atoms with Gasteiger partial charge in [-0.25, -0.2) is 0 Å².